The van der Waals surface area contributed by atoms with E-state index in [1.54, 1.807) is 0 Å². The van der Waals surface area contributed by atoms with E-state index in [-0.39, 0.29) is 12.6 Å². The number of carbonyl (C=O) groups is 1. The van der Waals surface area contributed by atoms with Gasteiger partial charge in [-0.15, -0.1) is 0 Å². The third-order valence-corrected chi connectivity index (χ3v) is 5.25. The number of hydrogen-bond donors (Lipinski definition) is 2. The number of nitrogens with two attached hydrogens (primary N) is 1. The summed E-state index contributed by atoms with van der Waals surface area (Å²) in [5.41, 5.74) is 4.48. The van der Waals surface area contributed by atoms with Crippen LogP contribution in [0.1, 0.15) is 18.4 Å². The van der Waals surface area contributed by atoms with Gasteiger partial charge in [-0.3, -0.25) is 4.79 Å². The Labute approximate surface area is 137 Å². The first-order chi connectivity index (χ1) is 11.1. The van der Waals surface area contributed by atoms with E-state index >= 15 is 0 Å². The lowest BCUT2D eigenvalue weighted by molar-refractivity contribution is -0.137. The number of alkyl halides is 3. The Morgan fingerprint density at radius 2 is 2.08 bits per heavy atom. The molecule has 1 atom stereocenters. The topological polar surface area (TPSA) is 92.5 Å². The van der Waals surface area contributed by atoms with Gasteiger partial charge in [-0.1, -0.05) is 6.07 Å². The van der Waals surface area contributed by atoms with Crippen molar-refractivity contribution in [1.29, 1.82) is 0 Å². The molecule has 24 heavy (non-hydrogen) atoms. The van der Waals surface area contributed by atoms with Crippen LogP contribution < -0.4 is 10.5 Å². The number of benzene rings is 1. The van der Waals surface area contributed by atoms with E-state index in [1.165, 1.54) is 4.90 Å². The smallest absolute Gasteiger partial charge is 0.337 e. The maximum atomic E-state index is 12.7. The molecule has 0 radical (unpaired) electrons. The first-order valence-electron chi connectivity index (χ1n) is 7.31. The number of amides is 1. The summed E-state index contributed by atoms with van der Waals surface area (Å²) >= 11 is 0. The van der Waals surface area contributed by atoms with Crippen LogP contribution in [0.3, 0.4) is 0 Å². The third kappa shape index (κ3) is 4.25. The predicted octanol–water partition coefficient (Wildman–Crippen LogP) is 0.933. The van der Waals surface area contributed by atoms with E-state index in [0.717, 1.165) is 31.0 Å². The molecule has 1 aliphatic rings. The Hall–Kier alpha value is -1.65. The second-order valence-corrected chi connectivity index (χ2v) is 7.24. The molecule has 0 saturated carbocycles. The average molecular weight is 365 g/mol. The van der Waals surface area contributed by atoms with Crippen LogP contribution >= 0.6 is 0 Å². The Bertz CT molecular complexity index is 707. The molecule has 1 aromatic carbocycles. The lowest BCUT2D eigenvalue weighted by Crippen LogP contribution is -2.45. The van der Waals surface area contributed by atoms with Crippen molar-refractivity contribution >= 4 is 15.9 Å². The van der Waals surface area contributed by atoms with E-state index in [9.17, 15) is 26.4 Å². The largest absolute Gasteiger partial charge is 0.416 e. The highest BCUT2D eigenvalue weighted by atomic mass is 32.2. The van der Waals surface area contributed by atoms with Crippen LogP contribution in [0, 0.1) is 0 Å². The average Bonchev–Trinajstić information content (AvgIpc) is 3.00. The SMILES string of the molecule is NCC1CCCN1C(=O)CNS(=O)(=O)c1cccc(C(F)(F)F)c1. The molecule has 6 nitrogen and oxygen atoms in total. The molecule has 1 amide bonds. The van der Waals surface area contributed by atoms with E-state index in [0.29, 0.717) is 12.6 Å². The second-order valence-electron chi connectivity index (χ2n) is 5.47. The highest BCUT2D eigenvalue weighted by molar-refractivity contribution is 7.89. The van der Waals surface area contributed by atoms with Gasteiger partial charge in [-0.2, -0.15) is 13.2 Å². The minimum Gasteiger partial charge on any atom is -0.337 e. The van der Waals surface area contributed by atoms with E-state index in [4.69, 9.17) is 5.73 Å². The summed E-state index contributed by atoms with van der Waals surface area (Å²) in [7, 11) is -4.22. The zero-order chi connectivity index (χ0) is 18.0. The van der Waals surface area contributed by atoms with Gasteiger partial charge in [0.1, 0.15) is 0 Å². The molecule has 134 valence electrons. The summed E-state index contributed by atoms with van der Waals surface area (Å²) in [6.07, 6.45) is -3.11. The zero-order valence-corrected chi connectivity index (χ0v) is 13.5. The molecular formula is C14H18F3N3O3S. The van der Waals surface area contributed by atoms with Gasteiger partial charge in [0.2, 0.25) is 15.9 Å². The molecule has 1 fully saturated rings. The molecule has 0 bridgehead atoms. The summed E-state index contributed by atoms with van der Waals surface area (Å²) in [5, 5.41) is 0. The van der Waals surface area contributed by atoms with Crippen LogP contribution in [0.4, 0.5) is 13.2 Å². The maximum absolute atomic E-state index is 12.7. The normalized spacial score (nSPS) is 18.8. The second kappa shape index (κ2) is 7.08. The molecule has 1 saturated heterocycles. The standard InChI is InChI=1S/C14H18F3N3O3S/c15-14(16,17)10-3-1-5-12(7-10)24(22,23)19-9-13(21)20-6-2-4-11(20)8-18/h1,3,5,7,11,19H,2,4,6,8-9,18H2. The number of likely N-dealkylation sites (tertiary alicyclic amines) is 1. The van der Waals surface area contributed by atoms with Gasteiger partial charge in [0.15, 0.2) is 0 Å². The summed E-state index contributed by atoms with van der Waals surface area (Å²) in [5.74, 6) is -0.446. The molecule has 2 rings (SSSR count). The lowest BCUT2D eigenvalue weighted by atomic mass is 10.2. The van der Waals surface area contributed by atoms with Crippen molar-refractivity contribution < 1.29 is 26.4 Å². The van der Waals surface area contributed by atoms with Crippen molar-refractivity contribution in [2.24, 2.45) is 5.73 Å². The molecule has 1 heterocycles. The van der Waals surface area contributed by atoms with Crippen LogP contribution in [0.15, 0.2) is 29.2 Å². The van der Waals surface area contributed by atoms with Crippen LogP contribution in [-0.4, -0.2) is 44.9 Å². The highest BCUT2D eigenvalue weighted by Gasteiger charge is 2.32. The molecule has 0 aliphatic carbocycles. The zero-order valence-electron chi connectivity index (χ0n) is 12.7. The van der Waals surface area contributed by atoms with E-state index in [2.05, 4.69) is 0 Å². The minimum atomic E-state index is -4.65. The Morgan fingerprint density at radius 1 is 1.38 bits per heavy atom. The molecule has 10 heteroatoms. The van der Waals surface area contributed by atoms with Crippen molar-refractivity contribution in [3.63, 3.8) is 0 Å². The Morgan fingerprint density at radius 3 is 2.71 bits per heavy atom. The van der Waals surface area contributed by atoms with E-state index < -0.39 is 39.1 Å². The summed E-state index contributed by atoms with van der Waals surface area (Å²) in [6.45, 7) is 0.257. The van der Waals surface area contributed by atoms with Crippen molar-refractivity contribution in [3.05, 3.63) is 29.8 Å². The number of halogens is 3. The van der Waals surface area contributed by atoms with Gasteiger partial charge in [0.05, 0.1) is 17.0 Å². The molecular weight excluding hydrogens is 347 g/mol. The molecule has 0 spiro atoms. The Kier molecular flexibility index (Phi) is 5.51. The fourth-order valence-corrected chi connectivity index (χ4v) is 3.61. The molecule has 1 aliphatic heterocycles. The van der Waals surface area contributed by atoms with E-state index in [1.807, 2.05) is 4.72 Å². The quantitative estimate of drug-likeness (QED) is 0.812. The first-order valence-corrected chi connectivity index (χ1v) is 8.80. The summed E-state index contributed by atoms with van der Waals surface area (Å²) in [4.78, 5) is 13.0. The van der Waals surface area contributed by atoms with Gasteiger partial charge in [0, 0.05) is 19.1 Å². The van der Waals surface area contributed by atoms with Crippen LogP contribution in [-0.2, 0) is 21.0 Å². The third-order valence-electron chi connectivity index (χ3n) is 3.85. The van der Waals surface area contributed by atoms with Gasteiger partial charge in [0.25, 0.3) is 0 Å². The monoisotopic (exact) mass is 365 g/mol. The molecule has 0 aromatic heterocycles. The van der Waals surface area contributed by atoms with Gasteiger partial charge in [-0.25, -0.2) is 13.1 Å². The molecule has 1 aromatic rings. The fourth-order valence-electron chi connectivity index (χ4n) is 2.59. The number of sulfonamides is 1. The Balaban J connectivity index is 2.08. The molecule has 1 unspecified atom stereocenters. The van der Waals surface area contributed by atoms with Gasteiger partial charge >= 0.3 is 6.18 Å². The number of nitrogens with zero attached hydrogens (tertiary/aromatic N) is 1. The summed E-state index contributed by atoms with van der Waals surface area (Å²) < 4.78 is 64.3. The number of nitrogens with one attached hydrogen (secondary N) is 1. The minimum absolute atomic E-state index is 0.129. The lowest BCUT2D eigenvalue weighted by Gasteiger charge is -2.23. The van der Waals surface area contributed by atoms with Crippen molar-refractivity contribution in [1.82, 2.24) is 9.62 Å². The predicted molar refractivity (Wildman–Crippen MR) is 80.4 cm³/mol. The maximum Gasteiger partial charge on any atom is 0.416 e. The number of hydrogen-bond acceptors (Lipinski definition) is 4. The molecule has 3 N–H and O–H groups in total. The van der Waals surface area contributed by atoms with Crippen LogP contribution in [0.2, 0.25) is 0 Å². The fraction of sp³-hybridized carbons (Fsp3) is 0.500. The van der Waals surface area contributed by atoms with Crippen LogP contribution in [0.5, 0.6) is 0 Å². The highest BCUT2D eigenvalue weighted by Crippen LogP contribution is 2.30. The number of carbonyl (C=O) groups excluding carboxylic acids is 1. The van der Waals surface area contributed by atoms with Crippen molar-refractivity contribution in [2.75, 3.05) is 19.6 Å². The van der Waals surface area contributed by atoms with Gasteiger partial charge < -0.3 is 10.6 Å². The van der Waals surface area contributed by atoms with Crippen molar-refractivity contribution in [2.45, 2.75) is 30.0 Å². The van der Waals surface area contributed by atoms with Gasteiger partial charge in [-0.05, 0) is 31.0 Å². The van der Waals surface area contributed by atoms with Crippen molar-refractivity contribution in [3.8, 4) is 0 Å². The van der Waals surface area contributed by atoms with Crippen LogP contribution in [0.25, 0.3) is 0 Å². The first kappa shape index (κ1) is 18.7. The summed E-state index contributed by atoms with van der Waals surface area (Å²) in [6, 6.07) is 3.23. The number of rotatable bonds is 5.